The predicted molar refractivity (Wildman–Crippen MR) is 115 cm³/mol. The molecular weight excluding hydrogens is 362 g/mol. The zero-order valence-electron chi connectivity index (χ0n) is 17.2. The second kappa shape index (κ2) is 8.27. The van der Waals surface area contributed by atoms with Crippen LogP contribution in [0.4, 0.5) is 10.5 Å². The van der Waals surface area contributed by atoms with E-state index in [1.807, 2.05) is 67.3 Å². The minimum absolute atomic E-state index is 0.0102. The summed E-state index contributed by atoms with van der Waals surface area (Å²) in [7, 11) is 0. The third-order valence-corrected chi connectivity index (χ3v) is 6.32. The number of nitrogens with zero attached hydrogens (tertiary/aromatic N) is 1. The maximum atomic E-state index is 13.1. The highest BCUT2D eigenvalue weighted by atomic mass is 16.2. The van der Waals surface area contributed by atoms with E-state index in [1.54, 1.807) is 0 Å². The number of carbonyl (C=O) groups excluding carboxylic acids is 2. The van der Waals surface area contributed by atoms with Crippen molar-refractivity contribution in [2.75, 3.05) is 5.32 Å². The molecule has 2 aromatic rings. The van der Waals surface area contributed by atoms with Gasteiger partial charge in [-0.05, 0) is 69.2 Å². The molecule has 152 valence electrons. The number of nitrogens with one attached hydrogen (secondary N) is 2. The van der Waals surface area contributed by atoms with Crippen molar-refractivity contribution < 1.29 is 9.59 Å². The number of benzene rings is 2. The van der Waals surface area contributed by atoms with E-state index in [1.165, 1.54) is 0 Å². The van der Waals surface area contributed by atoms with Crippen molar-refractivity contribution in [1.29, 1.82) is 0 Å². The molecule has 2 saturated heterocycles. The van der Waals surface area contributed by atoms with Crippen LogP contribution >= 0.6 is 0 Å². The summed E-state index contributed by atoms with van der Waals surface area (Å²) in [5.74, 6) is -0.0102. The third-order valence-electron chi connectivity index (χ3n) is 6.32. The van der Waals surface area contributed by atoms with Crippen molar-refractivity contribution in [3.8, 4) is 0 Å². The smallest absolute Gasteiger partial charge is 0.322 e. The Balaban J connectivity index is 1.44. The molecule has 0 aliphatic carbocycles. The van der Waals surface area contributed by atoms with E-state index in [0.717, 1.165) is 54.5 Å². The maximum absolute atomic E-state index is 13.1. The van der Waals surface area contributed by atoms with Crippen LogP contribution in [0.2, 0.25) is 0 Å². The van der Waals surface area contributed by atoms with Gasteiger partial charge in [-0.15, -0.1) is 0 Å². The fourth-order valence-corrected chi connectivity index (χ4v) is 4.81. The zero-order chi connectivity index (χ0) is 20.4. The molecule has 0 saturated carbocycles. The molecule has 0 unspecified atom stereocenters. The van der Waals surface area contributed by atoms with Gasteiger partial charge in [-0.2, -0.15) is 0 Å². The molecule has 0 aromatic heterocycles. The molecule has 0 spiro atoms. The van der Waals surface area contributed by atoms with Crippen LogP contribution in [0.1, 0.15) is 53.6 Å². The molecule has 2 fully saturated rings. The summed E-state index contributed by atoms with van der Waals surface area (Å²) in [5.41, 5.74) is 3.65. The number of para-hydroxylation sites is 1. The van der Waals surface area contributed by atoms with Gasteiger partial charge >= 0.3 is 6.03 Å². The number of piperidine rings is 2. The molecule has 4 rings (SSSR count). The van der Waals surface area contributed by atoms with Crippen LogP contribution in [0, 0.1) is 13.8 Å². The number of carbonyl (C=O) groups is 2. The molecule has 2 aliphatic rings. The molecule has 2 aliphatic heterocycles. The van der Waals surface area contributed by atoms with E-state index < -0.39 is 0 Å². The van der Waals surface area contributed by atoms with Gasteiger partial charge in [-0.1, -0.05) is 36.4 Å². The molecule has 2 bridgehead atoms. The van der Waals surface area contributed by atoms with Gasteiger partial charge in [0.1, 0.15) is 0 Å². The normalized spacial score (nSPS) is 23.4. The molecule has 2 N–H and O–H groups in total. The van der Waals surface area contributed by atoms with Crippen molar-refractivity contribution in [1.82, 2.24) is 10.2 Å². The van der Waals surface area contributed by atoms with Crippen molar-refractivity contribution in [2.24, 2.45) is 0 Å². The van der Waals surface area contributed by atoms with Crippen LogP contribution in [0.3, 0.4) is 0 Å². The summed E-state index contributed by atoms with van der Waals surface area (Å²) >= 11 is 0. The summed E-state index contributed by atoms with van der Waals surface area (Å²) in [5, 5.41) is 6.32. The van der Waals surface area contributed by atoms with Crippen molar-refractivity contribution in [3.05, 3.63) is 65.2 Å². The van der Waals surface area contributed by atoms with Crippen LogP contribution in [0.25, 0.3) is 0 Å². The van der Waals surface area contributed by atoms with Crippen molar-refractivity contribution in [3.63, 3.8) is 0 Å². The minimum atomic E-state index is -0.0160. The van der Waals surface area contributed by atoms with Crippen molar-refractivity contribution >= 4 is 17.6 Å². The molecular formula is C24H29N3O2. The van der Waals surface area contributed by atoms with Gasteiger partial charge in [-0.25, -0.2) is 4.79 Å². The second-order valence-corrected chi connectivity index (χ2v) is 8.35. The lowest BCUT2D eigenvalue weighted by atomic mass is 9.82. The lowest BCUT2D eigenvalue weighted by Gasteiger charge is -2.48. The fourth-order valence-electron chi connectivity index (χ4n) is 4.81. The monoisotopic (exact) mass is 391 g/mol. The highest BCUT2D eigenvalue weighted by molar-refractivity contribution is 5.96. The van der Waals surface area contributed by atoms with E-state index in [9.17, 15) is 9.59 Å². The number of rotatable bonds is 3. The highest BCUT2D eigenvalue weighted by Crippen LogP contribution is 2.35. The molecule has 3 amide bonds. The number of urea groups is 1. The highest BCUT2D eigenvalue weighted by Gasteiger charge is 2.41. The third kappa shape index (κ3) is 4.14. The van der Waals surface area contributed by atoms with Gasteiger partial charge in [0.15, 0.2) is 0 Å². The van der Waals surface area contributed by atoms with Gasteiger partial charge in [-0.3, -0.25) is 4.79 Å². The van der Waals surface area contributed by atoms with Gasteiger partial charge < -0.3 is 15.5 Å². The summed E-state index contributed by atoms with van der Waals surface area (Å²) in [6, 6.07) is 16.0. The summed E-state index contributed by atoms with van der Waals surface area (Å²) in [6.45, 7) is 3.96. The average molecular weight is 392 g/mol. The van der Waals surface area contributed by atoms with Crippen LogP contribution in [0.5, 0.6) is 0 Å². The molecule has 0 radical (unpaired) electrons. The number of fused-ring (bicyclic) bond motifs is 2. The zero-order valence-corrected chi connectivity index (χ0v) is 17.2. The SMILES string of the molecule is Cc1ccccc1NC(=O)N1[C@H]2CCC[C@H]1CC(NC(=O)c1ccccc1C)C2. The van der Waals surface area contributed by atoms with Crippen LogP contribution in [-0.2, 0) is 0 Å². The van der Waals surface area contributed by atoms with E-state index in [2.05, 4.69) is 10.6 Å². The Morgan fingerprint density at radius 3 is 2.17 bits per heavy atom. The Bertz CT molecular complexity index is 897. The molecule has 29 heavy (non-hydrogen) atoms. The van der Waals surface area contributed by atoms with E-state index in [0.29, 0.717) is 0 Å². The Morgan fingerprint density at radius 2 is 1.52 bits per heavy atom. The molecule has 5 nitrogen and oxygen atoms in total. The minimum Gasteiger partial charge on any atom is -0.349 e. The van der Waals surface area contributed by atoms with Crippen molar-refractivity contribution in [2.45, 2.75) is 64.1 Å². The number of amides is 3. The van der Waals surface area contributed by atoms with E-state index in [-0.39, 0.29) is 30.1 Å². The summed E-state index contributed by atoms with van der Waals surface area (Å²) in [4.78, 5) is 27.8. The first kappa shape index (κ1) is 19.5. The number of anilines is 1. The number of hydrogen-bond donors (Lipinski definition) is 2. The van der Waals surface area contributed by atoms with Crippen LogP contribution < -0.4 is 10.6 Å². The fraction of sp³-hybridized carbons (Fsp3) is 0.417. The summed E-state index contributed by atoms with van der Waals surface area (Å²) < 4.78 is 0. The number of hydrogen-bond acceptors (Lipinski definition) is 2. The second-order valence-electron chi connectivity index (χ2n) is 8.35. The lowest BCUT2D eigenvalue weighted by Crippen LogP contribution is -2.59. The standard InChI is InChI=1S/C24H29N3O2/c1-16-8-3-5-12-21(16)23(28)25-18-14-19-10-7-11-20(15-18)27(19)24(29)26-22-13-6-4-9-17(22)2/h3-6,8-9,12-13,18-20H,7,10-11,14-15H2,1-2H3,(H,25,28)(H,26,29)/t19-,20-/m0/s1. The summed E-state index contributed by atoms with van der Waals surface area (Å²) in [6.07, 6.45) is 4.76. The first-order chi connectivity index (χ1) is 14.0. The Kier molecular flexibility index (Phi) is 5.56. The molecule has 2 atom stereocenters. The molecule has 2 aromatic carbocycles. The Labute approximate surface area is 172 Å². The lowest BCUT2D eigenvalue weighted by molar-refractivity contribution is 0.0577. The first-order valence-electron chi connectivity index (χ1n) is 10.5. The maximum Gasteiger partial charge on any atom is 0.322 e. The molecule has 5 heteroatoms. The van der Waals surface area contributed by atoms with E-state index >= 15 is 0 Å². The Hall–Kier alpha value is -2.82. The van der Waals surface area contributed by atoms with E-state index in [4.69, 9.17) is 0 Å². The topological polar surface area (TPSA) is 61.4 Å². The van der Waals surface area contributed by atoms with Gasteiger partial charge in [0.05, 0.1) is 0 Å². The van der Waals surface area contributed by atoms with Crippen LogP contribution in [-0.4, -0.2) is 35.0 Å². The van der Waals surface area contributed by atoms with Gasteiger partial charge in [0.25, 0.3) is 5.91 Å². The average Bonchev–Trinajstić information content (AvgIpc) is 2.69. The largest absolute Gasteiger partial charge is 0.349 e. The number of aryl methyl sites for hydroxylation is 2. The molecule has 2 heterocycles. The van der Waals surface area contributed by atoms with Crippen LogP contribution in [0.15, 0.2) is 48.5 Å². The van der Waals surface area contributed by atoms with Gasteiger partial charge in [0.2, 0.25) is 0 Å². The quantitative estimate of drug-likeness (QED) is 0.800. The van der Waals surface area contributed by atoms with Gasteiger partial charge in [0, 0.05) is 29.4 Å². The Morgan fingerprint density at radius 1 is 0.897 bits per heavy atom. The predicted octanol–water partition coefficient (Wildman–Crippen LogP) is 4.65. The first-order valence-corrected chi connectivity index (χ1v) is 10.5.